The Hall–Kier alpha value is -1.88. The Balaban J connectivity index is 1.96. The van der Waals surface area contributed by atoms with Gasteiger partial charge in [0.15, 0.2) is 5.01 Å². The number of H-pyrrole nitrogens is 1. The number of aromatic nitrogens is 3. The summed E-state index contributed by atoms with van der Waals surface area (Å²) in [6.07, 6.45) is 3.08. The van der Waals surface area contributed by atoms with Crippen molar-refractivity contribution in [2.24, 2.45) is 0 Å². The van der Waals surface area contributed by atoms with Gasteiger partial charge in [-0.25, -0.2) is 0 Å². The van der Waals surface area contributed by atoms with Crippen LogP contribution in [-0.2, 0) is 0 Å². The van der Waals surface area contributed by atoms with Gasteiger partial charge in [0, 0.05) is 29.2 Å². The summed E-state index contributed by atoms with van der Waals surface area (Å²) in [6.45, 7) is 3.07. The number of hydrogen-bond acceptors (Lipinski definition) is 4. The number of hydrogen-bond donors (Lipinski definition) is 2. The quantitative estimate of drug-likeness (QED) is 0.753. The molecule has 0 aliphatic carbocycles. The van der Waals surface area contributed by atoms with Crippen molar-refractivity contribution >= 4 is 27.4 Å². The first-order valence-electron chi connectivity index (χ1n) is 6.02. The summed E-state index contributed by atoms with van der Waals surface area (Å²) >= 11 is 1.59. The fourth-order valence-electron chi connectivity index (χ4n) is 1.88. The van der Waals surface area contributed by atoms with Gasteiger partial charge >= 0.3 is 0 Å². The highest BCUT2D eigenvalue weighted by Gasteiger charge is 2.10. The monoisotopic (exact) mass is 258 g/mol. The molecule has 0 spiro atoms. The molecule has 0 atom stereocenters. The lowest BCUT2D eigenvalue weighted by Crippen LogP contribution is -1.98. The molecule has 0 saturated carbocycles. The van der Waals surface area contributed by atoms with Crippen molar-refractivity contribution in [2.75, 3.05) is 11.9 Å². The highest BCUT2D eigenvalue weighted by molar-refractivity contribution is 7.18. The SMILES string of the molecule is CCCNc1nnc(-c2c[nH]c3ccccc23)s1. The van der Waals surface area contributed by atoms with Crippen molar-refractivity contribution in [3.63, 3.8) is 0 Å². The largest absolute Gasteiger partial charge is 0.360 e. The molecule has 4 nitrogen and oxygen atoms in total. The molecule has 3 aromatic rings. The molecule has 0 amide bonds. The number of para-hydroxylation sites is 1. The maximum atomic E-state index is 4.25. The molecule has 0 bridgehead atoms. The lowest BCUT2D eigenvalue weighted by molar-refractivity contribution is 0.964. The van der Waals surface area contributed by atoms with Crippen LogP contribution in [0, 0.1) is 0 Å². The first-order valence-corrected chi connectivity index (χ1v) is 6.84. The number of aromatic amines is 1. The highest BCUT2D eigenvalue weighted by Crippen LogP contribution is 2.31. The fraction of sp³-hybridized carbons (Fsp3) is 0.231. The van der Waals surface area contributed by atoms with Crippen molar-refractivity contribution in [2.45, 2.75) is 13.3 Å². The van der Waals surface area contributed by atoms with Gasteiger partial charge in [-0.3, -0.25) is 0 Å². The van der Waals surface area contributed by atoms with E-state index in [4.69, 9.17) is 0 Å². The molecule has 92 valence electrons. The minimum Gasteiger partial charge on any atom is -0.360 e. The predicted octanol–water partition coefficient (Wildman–Crippen LogP) is 3.51. The third kappa shape index (κ3) is 1.97. The van der Waals surface area contributed by atoms with Crippen molar-refractivity contribution in [1.29, 1.82) is 0 Å². The van der Waals surface area contributed by atoms with Gasteiger partial charge in [0.1, 0.15) is 0 Å². The minimum absolute atomic E-state index is 0.886. The Morgan fingerprint density at radius 3 is 3.06 bits per heavy atom. The molecule has 0 saturated heterocycles. The van der Waals surface area contributed by atoms with Gasteiger partial charge in [0.25, 0.3) is 0 Å². The first-order chi connectivity index (χ1) is 8.88. The lowest BCUT2D eigenvalue weighted by atomic mass is 10.2. The maximum absolute atomic E-state index is 4.25. The molecule has 0 radical (unpaired) electrons. The van der Waals surface area contributed by atoms with Crippen LogP contribution in [0.4, 0.5) is 5.13 Å². The van der Waals surface area contributed by atoms with E-state index in [2.05, 4.69) is 39.6 Å². The van der Waals surface area contributed by atoms with Crippen LogP contribution in [0.3, 0.4) is 0 Å². The molecule has 0 fully saturated rings. The zero-order chi connectivity index (χ0) is 12.4. The summed E-state index contributed by atoms with van der Waals surface area (Å²) in [5.74, 6) is 0. The van der Waals surface area contributed by atoms with E-state index < -0.39 is 0 Å². The molecule has 5 heteroatoms. The van der Waals surface area contributed by atoms with Crippen LogP contribution in [0.25, 0.3) is 21.5 Å². The summed E-state index contributed by atoms with van der Waals surface area (Å²) in [5.41, 5.74) is 2.25. The Morgan fingerprint density at radius 1 is 1.28 bits per heavy atom. The lowest BCUT2D eigenvalue weighted by Gasteiger charge is -1.95. The van der Waals surface area contributed by atoms with Crippen LogP contribution in [0.2, 0.25) is 0 Å². The third-order valence-electron chi connectivity index (χ3n) is 2.77. The molecular formula is C13H14N4S. The normalized spacial score (nSPS) is 10.9. The zero-order valence-electron chi connectivity index (χ0n) is 10.1. The zero-order valence-corrected chi connectivity index (χ0v) is 10.9. The van der Waals surface area contributed by atoms with E-state index in [0.29, 0.717) is 0 Å². The van der Waals surface area contributed by atoms with Crippen molar-refractivity contribution in [1.82, 2.24) is 15.2 Å². The Labute approximate surface area is 109 Å². The smallest absolute Gasteiger partial charge is 0.206 e. The highest BCUT2D eigenvalue weighted by atomic mass is 32.1. The van der Waals surface area contributed by atoms with Crippen molar-refractivity contribution in [3.05, 3.63) is 30.5 Å². The molecule has 0 aliphatic rings. The van der Waals surface area contributed by atoms with Crippen molar-refractivity contribution < 1.29 is 0 Å². The Bertz CT molecular complexity index is 656. The molecule has 0 aliphatic heterocycles. The van der Waals surface area contributed by atoms with Gasteiger partial charge in [-0.1, -0.05) is 36.5 Å². The molecule has 2 N–H and O–H groups in total. The summed E-state index contributed by atoms with van der Waals surface area (Å²) in [4.78, 5) is 3.26. The molecule has 1 aromatic carbocycles. The molecule has 3 rings (SSSR count). The second-order valence-electron chi connectivity index (χ2n) is 4.09. The van der Waals surface area contributed by atoms with E-state index >= 15 is 0 Å². The number of anilines is 1. The van der Waals surface area contributed by atoms with Gasteiger partial charge in [-0.15, -0.1) is 10.2 Å². The average molecular weight is 258 g/mol. The Kier molecular flexibility index (Phi) is 2.98. The van der Waals surface area contributed by atoms with Crippen LogP contribution < -0.4 is 5.32 Å². The van der Waals surface area contributed by atoms with Gasteiger partial charge < -0.3 is 10.3 Å². The van der Waals surface area contributed by atoms with E-state index in [9.17, 15) is 0 Å². The molecule has 0 unspecified atom stereocenters. The molecule has 2 aromatic heterocycles. The van der Waals surface area contributed by atoms with E-state index in [-0.39, 0.29) is 0 Å². The summed E-state index contributed by atoms with van der Waals surface area (Å²) in [7, 11) is 0. The molecule has 18 heavy (non-hydrogen) atoms. The molecule has 2 heterocycles. The van der Waals surface area contributed by atoms with Crippen LogP contribution in [0.15, 0.2) is 30.5 Å². The van der Waals surface area contributed by atoms with Crippen LogP contribution in [0.1, 0.15) is 13.3 Å². The van der Waals surface area contributed by atoms with Crippen molar-refractivity contribution in [3.8, 4) is 10.6 Å². The second-order valence-corrected chi connectivity index (χ2v) is 5.06. The van der Waals surface area contributed by atoms with E-state index in [0.717, 1.165) is 34.2 Å². The number of rotatable bonds is 4. The van der Waals surface area contributed by atoms with Crippen LogP contribution in [0.5, 0.6) is 0 Å². The predicted molar refractivity (Wildman–Crippen MR) is 76.0 cm³/mol. The number of fused-ring (bicyclic) bond motifs is 1. The molecular weight excluding hydrogens is 244 g/mol. The third-order valence-corrected chi connectivity index (χ3v) is 3.69. The topological polar surface area (TPSA) is 53.6 Å². The van der Waals surface area contributed by atoms with Crippen LogP contribution >= 0.6 is 11.3 Å². The second kappa shape index (κ2) is 4.78. The standard InChI is InChI=1S/C13H14N4S/c1-2-7-14-13-17-16-12(18-13)10-8-15-11-6-4-3-5-9(10)11/h3-6,8,15H,2,7H2,1H3,(H,14,17). The first kappa shape index (κ1) is 11.2. The summed E-state index contributed by atoms with van der Waals surface area (Å²) in [5, 5.41) is 14.7. The maximum Gasteiger partial charge on any atom is 0.206 e. The fourth-order valence-corrected chi connectivity index (χ4v) is 2.68. The number of nitrogens with zero attached hydrogens (tertiary/aromatic N) is 2. The van der Waals surface area contributed by atoms with E-state index in [1.54, 1.807) is 11.3 Å². The van der Waals surface area contributed by atoms with Gasteiger partial charge in [-0.05, 0) is 12.5 Å². The number of nitrogens with one attached hydrogen (secondary N) is 2. The summed E-state index contributed by atoms with van der Waals surface area (Å²) < 4.78 is 0. The Morgan fingerprint density at radius 2 is 2.17 bits per heavy atom. The van der Waals surface area contributed by atoms with E-state index in [1.165, 1.54) is 5.39 Å². The summed E-state index contributed by atoms with van der Waals surface area (Å²) in [6, 6.07) is 8.23. The average Bonchev–Trinajstić information content (AvgIpc) is 3.02. The van der Waals surface area contributed by atoms with Gasteiger partial charge in [0.05, 0.1) is 0 Å². The number of benzene rings is 1. The van der Waals surface area contributed by atoms with Crippen LogP contribution in [-0.4, -0.2) is 21.7 Å². The van der Waals surface area contributed by atoms with E-state index in [1.807, 2.05) is 18.3 Å². The minimum atomic E-state index is 0.886. The van der Waals surface area contributed by atoms with Gasteiger partial charge in [0.2, 0.25) is 5.13 Å². The van der Waals surface area contributed by atoms with Gasteiger partial charge in [-0.2, -0.15) is 0 Å².